The molecule has 4 heteroatoms. The largest absolute Gasteiger partial charge is 0.348 e. The summed E-state index contributed by atoms with van der Waals surface area (Å²) in [6, 6.07) is 10.8. The van der Waals surface area contributed by atoms with Crippen LogP contribution in [0.1, 0.15) is 20.8 Å². The number of hydrogen-bond acceptors (Lipinski definition) is 2. The predicted molar refractivity (Wildman–Crippen MR) is 65.2 cm³/mol. The molecule has 1 heterocycles. The number of nitrogens with one attached hydrogen (secondary N) is 1. The fourth-order valence-electron chi connectivity index (χ4n) is 1.60. The topological polar surface area (TPSA) is 51.1 Å². The number of aldehydes is 1. The molecule has 1 N–H and O–H groups in total. The van der Waals surface area contributed by atoms with Crippen molar-refractivity contribution in [3.63, 3.8) is 0 Å². The van der Waals surface area contributed by atoms with Crippen molar-refractivity contribution in [3.8, 4) is 0 Å². The van der Waals surface area contributed by atoms with Crippen molar-refractivity contribution in [1.82, 2.24) is 4.57 Å². The Morgan fingerprint density at radius 1 is 1.24 bits per heavy atom. The first-order valence-electron chi connectivity index (χ1n) is 5.19. The lowest BCUT2D eigenvalue weighted by Crippen LogP contribution is -2.13. The van der Waals surface area contributed by atoms with Crippen LogP contribution in [-0.4, -0.2) is 16.8 Å². The van der Waals surface area contributed by atoms with Crippen molar-refractivity contribution in [1.29, 1.82) is 0 Å². The van der Waals surface area contributed by atoms with E-state index in [9.17, 15) is 9.59 Å². The van der Waals surface area contributed by atoms with Gasteiger partial charge in [-0.3, -0.25) is 9.59 Å². The molecule has 2 aromatic rings. The molecular formula is C13H12N2O2. The second-order valence-electron chi connectivity index (χ2n) is 3.66. The van der Waals surface area contributed by atoms with E-state index in [1.54, 1.807) is 36.0 Å². The molecule has 0 atom stereocenters. The lowest BCUT2D eigenvalue weighted by atomic mass is 10.2. The summed E-state index contributed by atoms with van der Waals surface area (Å²) in [7, 11) is 1.73. The summed E-state index contributed by atoms with van der Waals surface area (Å²) in [5.41, 5.74) is 1.46. The minimum Gasteiger partial charge on any atom is -0.348 e. The van der Waals surface area contributed by atoms with Crippen LogP contribution in [0.15, 0.2) is 42.6 Å². The summed E-state index contributed by atoms with van der Waals surface area (Å²) >= 11 is 0. The van der Waals surface area contributed by atoms with Crippen LogP contribution < -0.4 is 5.32 Å². The number of carbonyl (C=O) groups excluding carboxylic acids is 2. The van der Waals surface area contributed by atoms with Crippen molar-refractivity contribution >= 4 is 17.9 Å². The third kappa shape index (κ3) is 2.25. The molecule has 0 aliphatic rings. The Labute approximate surface area is 98.9 Å². The van der Waals surface area contributed by atoms with Gasteiger partial charge < -0.3 is 9.88 Å². The van der Waals surface area contributed by atoms with E-state index in [4.69, 9.17) is 0 Å². The number of amides is 1. The van der Waals surface area contributed by atoms with Crippen molar-refractivity contribution in [2.24, 2.45) is 7.05 Å². The molecule has 1 amide bonds. The van der Waals surface area contributed by atoms with Gasteiger partial charge in [-0.25, -0.2) is 0 Å². The van der Waals surface area contributed by atoms with Gasteiger partial charge in [-0.15, -0.1) is 0 Å². The summed E-state index contributed by atoms with van der Waals surface area (Å²) in [4.78, 5) is 22.8. The average Bonchev–Trinajstić information content (AvgIpc) is 2.71. The fraction of sp³-hybridized carbons (Fsp3) is 0.0769. The number of nitrogens with zero attached hydrogens (tertiary/aromatic N) is 1. The number of anilines is 1. The monoisotopic (exact) mass is 228 g/mol. The van der Waals surface area contributed by atoms with Crippen LogP contribution in [0.3, 0.4) is 0 Å². The molecule has 86 valence electrons. The van der Waals surface area contributed by atoms with E-state index in [1.807, 2.05) is 18.2 Å². The van der Waals surface area contributed by atoms with Gasteiger partial charge >= 0.3 is 0 Å². The van der Waals surface area contributed by atoms with E-state index < -0.39 is 0 Å². The Morgan fingerprint density at radius 2 is 1.94 bits per heavy atom. The zero-order valence-corrected chi connectivity index (χ0v) is 9.38. The molecule has 0 unspecified atom stereocenters. The molecular weight excluding hydrogens is 216 g/mol. The first kappa shape index (κ1) is 11.1. The number of benzene rings is 1. The molecule has 1 aromatic carbocycles. The number of para-hydroxylation sites is 1. The van der Waals surface area contributed by atoms with Gasteiger partial charge in [-0.1, -0.05) is 18.2 Å². The highest BCUT2D eigenvalue weighted by atomic mass is 16.2. The van der Waals surface area contributed by atoms with Gasteiger partial charge in [-0.2, -0.15) is 0 Å². The second-order valence-corrected chi connectivity index (χ2v) is 3.66. The third-order valence-electron chi connectivity index (χ3n) is 2.51. The molecule has 0 saturated carbocycles. The van der Waals surface area contributed by atoms with Crippen LogP contribution in [0.25, 0.3) is 0 Å². The summed E-state index contributed by atoms with van der Waals surface area (Å²) < 4.78 is 1.62. The number of aromatic nitrogens is 1. The molecule has 0 radical (unpaired) electrons. The number of hydrogen-bond donors (Lipinski definition) is 1. The summed E-state index contributed by atoms with van der Waals surface area (Å²) in [5.74, 6) is -0.279. The Kier molecular flexibility index (Phi) is 3.05. The smallest absolute Gasteiger partial charge is 0.257 e. The number of aryl methyl sites for hydroxylation is 1. The molecule has 17 heavy (non-hydrogen) atoms. The molecule has 0 aliphatic heterocycles. The first-order chi connectivity index (χ1) is 8.22. The number of rotatable bonds is 3. The predicted octanol–water partition coefficient (Wildman–Crippen LogP) is 2.09. The zero-order valence-electron chi connectivity index (χ0n) is 9.38. The molecule has 0 saturated heterocycles. The first-order valence-corrected chi connectivity index (χ1v) is 5.19. The molecule has 0 bridgehead atoms. The second kappa shape index (κ2) is 4.65. The average molecular weight is 228 g/mol. The lowest BCUT2D eigenvalue weighted by molar-refractivity contribution is 0.101. The quantitative estimate of drug-likeness (QED) is 0.818. The van der Waals surface area contributed by atoms with Crippen molar-refractivity contribution < 1.29 is 9.59 Å². The van der Waals surface area contributed by atoms with Crippen molar-refractivity contribution in [2.75, 3.05) is 5.32 Å². The van der Waals surface area contributed by atoms with Crippen LogP contribution >= 0.6 is 0 Å². The minimum absolute atomic E-state index is 0.279. The van der Waals surface area contributed by atoms with Crippen LogP contribution in [0.5, 0.6) is 0 Å². The van der Waals surface area contributed by atoms with E-state index >= 15 is 0 Å². The third-order valence-corrected chi connectivity index (χ3v) is 2.51. The van der Waals surface area contributed by atoms with Gasteiger partial charge in [0.1, 0.15) is 0 Å². The number of carbonyl (C=O) groups is 2. The molecule has 2 rings (SSSR count). The van der Waals surface area contributed by atoms with Crippen LogP contribution in [0, 0.1) is 0 Å². The van der Waals surface area contributed by atoms with E-state index in [0.717, 1.165) is 0 Å². The van der Waals surface area contributed by atoms with Crippen molar-refractivity contribution in [3.05, 3.63) is 53.9 Å². The van der Waals surface area contributed by atoms with E-state index in [1.165, 1.54) is 0 Å². The lowest BCUT2D eigenvalue weighted by Gasteiger charge is -2.04. The van der Waals surface area contributed by atoms with Gasteiger partial charge in [-0.05, 0) is 18.2 Å². The summed E-state index contributed by atoms with van der Waals surface area (Å²) in [6.45, 7) is 0. The maximum absolute atomic E-state index is 11.9. The Balaban J connectivity index is 2.23. The fourth-order valence-corrected chi connectivity index (χ4v) is 1.60. The van der Waals surface area contributed by atoms with Gasteiger partial charge in [0.2, 0.25) is 0 Å². The van der Waals surface area contributed by atoms with E-state index in [2.05, 4.69) is 5.32 Å². The van der Waals surface area contributed by atoms with E-state index in [0.29, 0.717) is 23.2 Å². The highest BCUT2D eigenvalue weighted by Crippen LogP contribution is 2.12. The van der Waals surface area contributed by atoms with Crippen LogP contribution in [-0.2, 0) is 7.05 Å². The van der Waals surface area contributed by atoms with Crippen LogP contribution in [0.2, 0.25) is 0 Å². The molecule has 0 spiro atoms. The molecule has 0 aliphatic carbocycles. The van der Waals surface area contributed by atoms with Gasteiger partial charge in [0.05, 0.1) is 11.3 Å². The summed E-state index contributed by atoms with van der Waals surface area (Å²) in [5, 5.41) is 2.74. The summed E-state index contributed by atoms with van der Waals surface area (Å²) in [6.07, 6.45) is 2.36. The highest BCUT2D eigenvalue weighted by molar-refractivity contribution is 6.08. The van der Waals surface area contributed by atoms with Crippen molar-refractivity contribution in [2.45, 2.75) is 0 Å². The van der Waals surface area contributed by atoms with Gasteiger partial charge in [0.15, 0.2) is 6.29 Å². The Hall–Kier alpha value is -2.36. The van der Waals surface area contributed by atoms with Gasteiger partial charge in [0.25, 0.3) is 5.91 Å². The normalized spacial score (nSPS) is 9.94. The SMILES string of the molecule is Cn1ccc(C(=O)Nc2ccccc2)c1C=O. The minimum atomic E-state index is -0.279. The Morgan fingerprint density at radius 3 is 2.59 bits per heavy atom. The molecule has 0 fully saturated rings. The highest BCUT2D eigenvalue weighted by Gasteiger charge is 2.13. The maximum atomic E-state index is 11.9. The maximum Gasteiger partial charge on any atom is 0.257 e. The van der Waals surface area contributed by atoms with E-state index in [-0.39, 0.29) is 5.91 Å². The van der Waals surface area contributed by atoms with Gasteiger partial charge in [0, 0.05) is 18.9 Å². The zero-order chi connectivity index (χ0) is 12.3. The van der Waals surface area contributed by atoms with Crippen LogP contribution in [0.4, 0.5) is 5.69 Å². The Bertz CT molecular complexity index is 544. The molecule has 1 aromatic heterocycles. The molecule has 4 nitrogen and oxygen atoms in total. The standard InChI is InChI=1S/C13H12N2O2/c1-15-8-7-11(12(15)9-16)13(17)14-10-5-3-2-4-6-10/h2-9H,1H3,(H,14,17).